The van der Waals surface area contributed by atoms with Gasteiger partial charge in [-0.25, -0.2) is 0 Å². The van der Waals surface area contributed by atoms with Crippen LogP contribution >= 0.6 is 0 Å². The van der Waals surface area contributed by atoms with Crippen LogP contribution in [0, 0.1) is 0 Å². The predicted octanol–water partition coefficient (Wildman–Crippen LogP) is 4.04. The average Bonchev–Trinajstić information content (AvgIpc) is 3.12. The van der Waals surface area contributed by atoms with Crippen LogP contribution in [0.25, 0.3) is 10.9 Å². The number of hydrogen-bond acceptors (Lipinski definition) is 3. The second kappa shape index (κ2) is 8.45. The normalized spacial score (nSPS) is 15.3. The van der Waals surface area contributed by atoms with Crippen molar-refractivity contribution in [3.8, 4) is 5.75 Å². The summed E-state index contributed by atoms with van der Waals surface area (Å²) in [4.78, 5) is 27.7. The molecule has 0 saturated carbocycles. The quantitative estimate of drug-likeness (QED) is 0.543. The van der Waals surface area contributed by atoms with Crippen molar-refractivity contribution in [2.45, 2.75) is 31.7 Å². The number of nitrogens with one attached hydrogen (secondary N) is 3. The minimum Gasteiger partial charge on any atom is -0.497 e. The lowest BCUT2D eigenvalue weighted by atomic mass is 9.91. The molecule has 1 heterocycles. The maximum atomic E-state index is 12.7. The van der Waals surface area contributed by atoms with Crippen LogP contribution in [0.2, 0.25) is 0 Å². The van der Waals surface area contributed by atoms with E-state index in [1.165, 1.54) is 11.6 Å². The van der Waals surface area contributed by atoms with Gasteiger partial charge >= 0.3 is 0 Å². The Kier molecular flexibility index (Phi) is 5.57. The van der Waals surface area contributed by atoms with Crippen molar-refractivity contribution in [1.82, 2.24) is 10.3 Å². The van der Waals surface area contributed by atoms with Crippen molar-refractivity contribution >= 4 is 28.4 Å². The highest BCUT2D eigenvalue weighted by molar-refractivity contribution is 5.99. The Morgan fingerprint density at radius 3 is 2.93 bits per heavy atom. The van der Waals surface area contributed by atoms with Crippen LogP contribution in [0.3, 0.4) is 0 Å². The lowest BCUT2D eigenvalue weighted by Crippen LogP contribution is -2.32. The molecule has 0 fully saturated rings. The molecule has 0 aliphatic heterocycles. The molecular weight excluding hydrogens is 378 g/mol. The lowest BCUT2D eigenvalue weighted by Gasteiger charge is -2.24. The van der Waals surface area contributed by atoms with Crippen molar-refractivity contribution < 1.29 is 14.3 Å². The number of aromatic nitrogens is 1. The van der Waals surface area contributed by atoms with E-state index >= 15 is 0 Å². The summed E-state index contributed by atoms with van der Waals surface area (Å²) in [6, 6.07) is 13.3. The van der Waals surface area contributed by atoms with Crippen LogP contribution < -0.4 is 15.4 Å². The summed E-state index contributed by atoms with van der Waals surface area (Å²) >= 11 is 0. The third-order valence-electron chi connectivity index (χ3n) is 5.49. The summed E-state index contributed by atoms with van der Waals surface area (Å²) in [6.07, 6.45) is 4.37. The molecule has 0 spiro atoms. The molecule has 0 bridgehead atoms. The van der Waals surface area contributed by atoms with Crippen molar-refractivity contribution in [1.29, 1.82) is 0 Å². The predicted molar refractivity (Wildman–Crippen MR) is 118 cm³/mol. The number of rotatable bonds is 6. The van der Waals surface area contributed by atoms with Crippen LogP contribution in [0.5, 0.6) is 5.75 Å². The van der Waals surface area contributed by atoms with E-state index in [1.807, 2.05) is 30.3 Å². The number of amides is 2. The van der Waals surface area contributed by atoms with Crippen LogP contribution in [0.15, 0.2) is 55.1 Å². The number of ether oxygens (including phenoxy) is 1. The number of fused-ring (bicyclic) bond motifs is 3. The Balaban J connectivity index is 1.49. The number of H-pyrrole nitrogens is 1. The maximum Gasteiger partial charge on any atom is 0.247 e. The van der Waals surface area contributed by atoms with Gasteiger partial charge in [0.15, 0.2) is 0 Å². The monoisotopic (exact) mass is 403 g/mol. The first-order valence-electron chi connectivity index (χ1n) is 10.1. The molecule has 2 amide bonds. The zero-order valence-electron chi connectivity index (χ0n) is 17.0. The second-order valence-electron chi connectivity index (χ2n) is 7.51. The smallest absolute Gasteiger partial charge is 0.247 e. The molecule has 0 saturated heterocycles. The number of aryl methyl sites for hydroxylation is 1. The molecule has 3 N–H and O–H groups in total. The Hall–Kier alpha value is -3.54. The standard InChI is InChI=1S/C24H25N3O3/c1-3-22(28)25-16-7-4-6-15(12-16)13-23(29)26-21-9-5-8-18-19-14-17(30-2)10-11-20(19)27-24(18)21/h3-4,6-7,10-12,14,21,27H,1,5,8-9,13H2,2H3,(H,25,28)(H,26,29). The van der Waals surface area contributed by atoms with Crippen molar-refractivity contribution in [2.75, 3.05) is 12.4 Å². The first-order valence-corrected chi connectivity index (χ1v) is 10.1. The highest BCUT2D eigenvalue weighted by Gasteiger charge is 2.25. The molecule has 154 valence electrons. The van der Waals surface area contributed by atoms with E-state index in [4.69, 9.17) is 4.74 Å². The van der Waals surface area contributed by atoms with E-state index in [0.29, 0.717) is 5.69 Å². The summed E-state index contributed by atoms with van der Waals surface area (Å²) in [6.45, 7) is 3.45. The van der Waals surface area contributed by atoms with E-state index < -0.39 is 0 Å². The van der Waals surface area contributed by atoms with Crippen LogP contribution in [-0.2, 0) is 22.4 Å². The molecule has 1 atom stereocenters. The second-order valence-corrected chi connectivity index (χ2v) is 7.51. The topological polar surface area (TPSA) is 83.2 Å². The molecule has 0 radical (unpaired) electrons. The highest BCUT2D eigenvalue weighted by atomic mass is 16.5. The van der Waals surface area contributed by atoms with Crippen molar-refractivity contribution in [2.24, 2.45) is 0 Å². The Bertz CT molecular complexity index is 1120. The summed E-state index contributed by atoms with van der Waals surface area (Å²) in [7, 11) is 1.67. The fraction of sp³-hybridized carbons (Fsp3) is 0.250. The SMILES string of the molecule is C=CC(=O)Nc1cccc(CC(=O)NC2CCCc3c2[nH]c2ccc(OC)cc32)c1. The molecule has 6 heteroatoms. The number of carbonyl (C=O) groups excluding carboxylic acids is 2. The fourth-order valence-electron chi connectivity index (χ4n) is 4.10. The van der Waals surface area contributed by atoms with Crippen LogP contribution in [0.4, 0.5) is 5.69 Å². The molecule has 4 rings (SSSR count). The third kappa shape index (κ3) is 4.08. The fourth-order valence-corrected chi connectivity index (χ4v) is 4.10. The summed E-state index contributed by atoms with van der Waals surface area (Å²) in [5.41, 5.74) is 4.90. The summed E-state index contributed by atoms with van der Waals surface area (Å²) < 4.78 is 5.37. The van der Waals surface area contributed by atoms with E-state index in [-0.39, 0.29) is 24.3 Å². The molecule has 1 aliphatic carbocycles. The Morgan fingerprint density at radius 2 is 2.13 bits per heavy atom. The van der Waals surface area contributed by atoms with Gasteiger partial charge in [0, 0.05) is 22.3 Å². The number of aromatic amines is 1. The Morgan fingerprint density at radius 1 is 1.27 bits per heavy atom. The van der Waals surface area contributed by atoms with Gasteiger partial charge in [-0.3, -0.25) is 9.59 Å². The van der Waals surface area contributed by atoms with Gasteiger partial charge in [0.25, 0.3) is 0 Å². The molecule has 3 aromatic rings. The first-order chi connectivity index (χ1) is 14.6. The third-order valence-corrected chi connectivity index (χ3v) is 5.49. The van der Waals surface area contributed by atoms with Gasteiger partial charge in [0.05, 0.1) is 19.6 Å². The first kappa shape index (κ1) is 19.8. The molecule has 6 nitrogen and oxygen atoms in total. The molecule has 2 aromatic carbocycles. The Labute approximate surface area is 175 Å². The largest absolute Gasteiger partial charge is 0.497 e. The van der Waals surface area contributed by atoms with Crippen LogP contribution in [0.1, 0.15) is 35.7 Å². The number of methoxy groups -OCH3 is 1. The van der Waals surface area contributed by atoms with Crippen LogP contribution in [-0.4, -0.2) is 23.9 Å². The molecule has 1 aromatic heterocycles. The van der Waals surface area contributed by atoms with E-state index in [2.05, 4.69) is 28.3 Å². The van der Waals surface area contributed by atoms with Crippen molar-refractivity contribution in [3.63, 3.8) is 0 Å². The van der Waals surface area contributed by atoms with E-state index in [1.54, 1.807) is 13.2 Å². The van der Waals surface area contributed by atoms with Gasteiger partial charge in [0.2, 0.25) is 11.8 Å². The lowest BCUT2D eigenvalue weighted by molar-refractivity contribution is -0.121. The summed E-state index contributed by atoms with van der Waals surface area (Å²) in [5, 5.41) is 7.06. The number of anilines is 1. The number of hydrogen-bond donors (Lipinski definition) is 3. The van der Waals surface area contributed by atoms with Gasteiger partial charge in [0.1, 0.15) is 5.75 Å². The van der Waals surface area contributed by atoms with Gasteiger partial charge < -0.3 is 20.4 Å². The highest BCUT2D eigenvalue weighted by Crippen LogP contribution is 2.36. The minimum atomic E-state index is -0.276. The molecule has 1 unspecified atom stereocenters. The van der Waals surface area contributed by atoms with Crippen molar-refractivity contribution in [3.05, 3.63) is 71.9 Å². The number of carbonyl (C=O) groups is 2. The van der Waals surface area contributed by atoms with Gasteiger partial charge in [-0.2, -0.15) is 0 Å². The minimum absolute atomic E-state index is 0.0386. The van der Waals surface area contributed by atoms with Gasteiger partial charge in [-0.1, -0.05) is 18.7 Å². The van der Waals surface area contributed by atoms with Gasteiger partial charge in [-0.15, -0.1) is 0 Å². The summed E-state index contributed by atoms with van der Waals surface area (Å²) in [5.74, 6) is 0.511. The van der Waals surface area contributed by atoms with E-state index in [9.17, 15) is 9.59 Å². The number of benzene rings is 2. The zero-order chi connectivity index (χ0) is 21.1. The molecular formula is C24H25N3O3. The molecule has 30 heavy (non-hydrogen) atoms. The molecule has 1 aliphatic rings. The zero-order valence-corrected chi connectivity index (χ0v) is 17.0. The average molecular weight is 403 g/mol. The van der Waals surface area contributed by atoms with Gasteiger partial charge in [-0.05, 0) is 66.8 Å². The maximum absolute atomic E-state index is 12.7. The van der Waals surface area contributed by atoms with E-state index in [0.717, 1.165) is 47.2 Å².